The summed E-state index contributed by atoms with van der Waals surface area (Å²) in [6.07, 6.45) is 0.818. The second-order valence-electron chi connectivity index (χ2n) is 4.27. The first-order chi connectivity index (χ1) is 9.16. The van der Waals surface area contributed by atoms with Crippen molar-refractivity contribution in [2.45, 2.75) is 23.8 Å². The van der Waals surface area contributed by atoms with Crippen LogP contribution in [0.25, 0.3) is 0 Å². The Kier molecular flexibility index (Phi) is 4.68. The number of benzene rings is 1. The molecule has 1 aliphatic rings. The van der Waals surface area contributed by atoms with Gasteiger partial charge in [0.2, 0.25) is 0 Å². The van der Waals surface area contributed by atoms with E-state index in [2.05, 4.69) is 16.7 Å². The maximum absolute atomic E-state index is 11.7. The molecule has 19 heavy (non-hydrogen) atoms. The molecule has 6 heteroatoms. The Morgan fingerprint density at radius 1 is 1.37 bits per heavy atom. The highest BCUT2D eigenvalue weighted by molar-refractivity contribution is 7.99. The number of urea groups is 1. The van der Waals surface area contributed by atoms with Gasteiger partial charge in [0.1, 0.15) is 0 Å². The van der Waals surface area contributed by atoms with E-state index in [9.17, 15) is 9.59 Å². The van der Waals surface area contributed by atoms with Gasteiger partial charge in [-0.1, -0.05) is 18.2 Å². The van der Waals surface area contributed by atoms with Gasteiger partial charge in [-0.15, -0.1) is 11.8 Å². The maximum Gasteiger partial charge on any atom is 0.315 e. The third-order valence-electron chi connectivity index (χ3n) is 2.89. The lowest BCUT2D eigenvalue weighted by Crippen LogP contribution is -2.39. The van der Waals surface area contributed by atoms with Crippen LogP contribution in [0.15, 0.2) is 29.2 Å². The summed E-state index contributed by atoms with van der Waals surface area (Å²) >= 11 is 1.79. The van der Waals surface area contributed by atoms with E-state index >= 15 is 0 Å². The van der Waals surface area contributed by atoms with Crippen LogP contribution < -0.4 is 10.6 Å². The highest BCUT2D eigenvalue weighted by Crippen LogP contribution is 2.35. The van der Waals surface area contributed by atoms with Crippen LogP contribution in [0.5, 0.6) is 0 Å². The lowest BCUT2D eigenvalue weighted by molar-refractivity contribution is -0.136. The number of hydrogen-bond donors (Lipinski definition) is 3. The molecule has 0 saturated heterocycles. The zero-order chi connectivity index (χ0) is 13.7. The van der Waals surface area contributed by atoms with Crippen molar-refractivity contribution in [2.75, 3.05) is 12.3 Å². The largest absolute Gasteiger partial charge is 0.481 e. The topological polar surface area (TPSA) is 78.4 Å². The first-order valence-electron chi connectivity index (χ1n) is 6.14. The molecule has 1 aliphatic heterocycles. The fourth-order valence-electron chi connectivity index (χ4n) is 1.98. The summed E-state index contributed by atoms with van der Waals surface area (Å²) in [4.78, 5) is 23.2. The normalized spacial score (nSPS) is 17.4. The minimum atomic E-state index is -0.917. The summed E-state index contributed by atoms with van der Waals surface area (Å²) in [5.41, 5.74) is 1.13. The van der Waals surface area contributed by atoms with Gasteiger partial charge >= 0.3 is 12.0 Å². The molecule has 1 unspecified atom stereocenters. The Labute approximate surface area is 115 Å². The third-order valence-corrected chi connectivity index (χ3v) is 4.01. The molecule has 1 atom stereocenters. The van der Waals surface area contributed by atoms with Gasteiger partial charge in [0.05, 0.1) is 12.5 Å². The Morgan fingerprint density at radius 3 is 2.95 bits per heavy atom. The smallest absolute Gasteiger partial charge is 0.315 e. The summed E-state index contributed by atoms with van der Waals surface area (Å²) in [7, 11) is 0. The van der Waals surface area contributed by atoms with Crippen LogP contribution in [-0.4, -0.2) is 29.4 Å². The fourth-order valence-corrected chi connectivity index (χ4v) is 3.11. The van der Waals surface area contributed by atoms with Crippen molar-refractivity contribution in [1.29, 1.82) is 0 Å². The van der Waals surface area contributed by atoms with Crippen molar-refractivity contribution in [3.63, 3.8) is 0 Å². The van der Waals surface area contributed by atoms with E-state index in [0.29, 0.717) is 0 Å². The van der Waals surface area contributed by atoms with Gasteiger partial charge in [0.25, 0.3) is 0 Å². The van der Waals surface area contributed by atoms with E-state index in [1.165, 1.54) is 4.90 Å². The molecule has 2 amide bonds. The zero-order valence-electron chi connectivity index (χ0n) is 10.4. The number of rotatable bonds is 4. The van der Waals surface area contributed by atoms with Crippen molar-refractivity contribution >= 4 is 23.8 Å². The standard InChI is InChI=1S/C13H16N2O3S/c16-12(17)5-7-14-13(18)15-10-6-8-19-11-4-2-1-3-9(10)11/h1-4,10H,5-8H2,(H,16,17)(H2,14,15,18). The van der Waals surface area contributed by atoms with Crippen LogP contribution in [-0.2, 0) is 4.79 Å². The van der Waals surface area contributed by atoms with Crippen molar-refractivity contribution in [1.82, 2.24) is 10.6 Å². The SMILES string of the molecule is O=C(O)CCNC(=O)NC1CCSc2ccccc21. The zero-order valence-corrected chi connectivity index (χ0v) is 11.2. The molecule has 0 aliphatic carbocycles. The fraction of sp³-hybridized carbons (Fsp3) is 0.385. The van der Waals surface area contributed by atoms with E-state index in [0.717, 1.165) is 17.7 Å². The molecule has 0 aromatic heterocycles. The average molecular weight is 280 g/mol. The summed E-state index contributed by atoms with van der Waals surface area (Å²) < 4.78 is 0. The Hall–Kier alpha value is -1.69. The van der Waals surface area contributed by atoms with E-state index in [-0.39, 0.29) is 25.0 Å². The molecule has 0 bridgehead atoms. The van der Waals surface area contributed by atoms with Gasteiger partial charge < -0.3 is 15.7 Å². The minimum absolute atomic E-state index is 0.00211. The lowest BCUT2D eigenvalue weighted by Gasteiger charge is -2.25. The van der Waals surface area contributed by atoms with E-state index in [1.807, 2.05) is 18.2 Å². The number of carboxylic acid groups (broad SMARTS) is 1. The number of aliphatic carboxylic acids is 1. The van der Waals surface area contributed by atoms with Gasteiger partial charge in [-0.3, -0.25) is 4.79 Å². The summed E-state index contributed by atoms with van der Waals surface area (Å²) in [6.45, 7) is 0.143. The highest BCUT2D eigenvalue weighted by atomic mass is 32.2. The van der Waals surface area contributed by atoms with Gasteiger partial charge in [0.15, 0.2) is 0 Å². The van der Waals surface area contributed by atoms with Crippen LogP contribution in [0.4, 0.5) is 4.79 Å². The lowest BCUT2D eigenvalue weighted by atomic mass is 10.0. The number of carbonyl (C=O) groups is 2. The van der Waals surface area contributed by atoms with Gasteiger partial charge in [0, 0.05) is 17.2 Å². The summed E-state index contributed by atoms with van der Waals surface area (Å²) in [6, 6.07) is 7.71. The maximum atomic E-state index is 11.7. The summed E-state index contributed by atoms with van der Waals surface area (Å²) in [5, 5.41) is 14.0. The Balaban J connectivity index is 1.90. The highest BCUT2D eigenvalue weighted by Gasteiger charge is 2.21. The van der Waals surface area contributed by atoms with E-state index < -0.39 is 5.97 Å². The van der Waals surface area contributed by atoms with Crippen LogP contribution in [0.3, 0.4) is 0 Å². The molecule has 3 N–H and O–H groups in total. The molecular formula is C13H16N2O3S. The Bertz CT molecular complexity index is 479. The number of fused-ring (bicyclic) bond motifs is 1. The van der Waals surface area contributed by atoms with Crippen LogP contribution in [0.2, 0.25) is 0 Å². The van der Waals surface area contributed by atoms with E-state index in [4.69, 9.17) is 5.11 Å². The second-order valence-corrected chi connectivity index (χ2v) is 5.41. The molecule has 5 nitrogen and oxygen atoms in total. The third kappa shape index (κ3) is 3.89. The first kappa shape index (κ1) is 13.7. The number of thioether (sulfide) groups is 1. The molecule has 0 saturated carbocycles. The van der Waals surface area contributed by atoms with Gasteiger partial charge in [-0.2, -0.15) is 0 Å². The average Bonchev–Trinajstić information content (AvgIpc) is 2.39. The minimum Gasteiger partial charge on any atom is -0.481 e. The van der Waals surface area contributed by atoms with Crippen molar-refractivity contribution in [3.05, 3.63) is 29.8 Å². The van der Waals surface area contributed by atoms with Crippen molar-refractivity contribution in [2.24, 2.45) is 0 Å². The second kappa shape index (κ2) is 6.47. The number of carboxylic acids is 1. The predicted octanol–water partition coefficient (Wildman–Crippen LogP) is 2.00. The molecule has 0 radical (unpaired) electrons. The monoisotopic (exact) mass is 280 g/mol. The first-order valence-corrected chi connectivity index (χ1v) is 7.13. The van der Waals surface area contributed by atoms with Gasteiger partial charge in [-0.25, -0.2) is 4.79 Å². The molecular weight excluding hydrogens is 264 g/mol. The molecule has 0 spiro atoms. The quantitative estimate of drug-likeness (QED) is 0.788. The number of hydrogen-bond acceptors (Lipinski definition) is 3. The molecule has 102 valence electrons. The molecule has 0 fully saturated rings. The van der Waals surface area contributed by atoms with Crippen LogP contribution in [0, 0.1) is 0 Å². The number of amides is 2. The van der Waals surface area contributed by atoms with Crippen molar-refractivity contribution < 1.29 is 14.7 Å². The molecule has 2 rings (SSSR count). The van der Waals surface area contributed by atoms with Crippen LogP contribution >= 0.6 is 11.8 Å². The molecule has 1 heterocycles. The van der Waals surface area contributed by atoms with Crippen LogP contribution in [0.1, 0.15) is 24.4 Å². The molecule has 1 aromatic carbocycles. The number of nitrogens with one attached hydrogen (secondary N) is 2. The van der Waals surface area contributed by atoms with Gasteiger partial charge in [-0.05, 0) is 18.1 Å². The van der Waals surface area contributed by atoms with E-state index in [1.54, 1.807) is 11.8 Å². The summed E-state index contributed by atoms with van der Waals surface area (Å²) in [5.74, 6) is 0.0524. The predicted molar refractivity (Wildman–Crippen MR) is 73.3 cm³/mol. The number of carbonyl (C=O) groups excluding carboxylic acids is 1. The Morgan fingerprint density at radius 2 is 2.16 bits per heavy atom. The molecule has 1 aromatic rings. The van der Waals surface area contributed by atoms with Crippen molar-refractivity contribution in [3.8, 4) is 0 Å².